The highest BCUT2D eigenvalue weighted by Crippen LogP contribution is 2.36. The Kier molecular flexibility index (Phi) is 6.43. The van der Waals surface area contributed by atoms with Crippen molar-refractivity contribution in [1.82, 2.24) is 24.7 Å². The van der Waals surface area contributed by atoms with Crippen molar-refractivity contribution in [3.63, 3.8) is 0 Å². The molecule has 36 heavy (non-hydrogen) atoms. The lowest BCUT2D eigenvalue weighted by atomic mass is 10.0. The maximum Gasteiger partial charge on any atom is 0.407 e. The number of hydrogen-bond donors (Lipinski definition) is 1. The third kappa shape index (κ3) is 4.62. The zero-order chi connectivity index (χ0) is 24.6. The van der Waals surface area contributed by atoms with Crippen LogP contribution in [0, 0.1) is 0 Å². The molecular formula is C27H36N6O3. The number of hydrogen-bond acceptors (Lipinski definition) is 7. The Morgan fingerprint density at radius 1 is 1.08 bits per heavy atom. The minimum atomic E-state index is -0.798. The van der Waals surface area contributed by atoms with Gasteiger partial charge in [-0.2, -0.15) is 9.97 Å². The summed E-state index contributed by atoms with van der Waals surface area (Å²) in [6, 6.07) is 11.5. The summed E-state index contributed by atoms with van der Waals surface area (Å²) in [4.78, 5) is 30.5. The predicted molar refractivity (Wildman–Crippen MR) is 136 cm³/mol. The van der Waals surface area contributed by atoms with Gasteiger partial charge >= 0.3 is 12.1 Å². The number of piperazine rings is 1. The van der Waals surface area contributed by atoms with Gasteiger partial charge in [-0.25, -0.2) is 4.79 Å². The number of nitrogens with zero attached hydrogens (tertiary/aromatic N) is 6. The third-order valence-electron chi connectivity index (χ3n) is 8.43. The number of carboxylic acid groups (broad SMARTS) is 1. The monoisotopic (exact) mass is 492 g/mol. The molecule has 5 heterocycles. The average Bonchev–Trinajstić information content (AvgIpc) is 3.41. The molecule has 3 saturated heterocycles. The maximum absolute atomic E-state index is 11.8. The molecule has 0 radical (unpaired) electrons. The van der Waals surface area contributed by atoms with Crippen molar-refractivity contribution in [2.24, 2.45) is 0 Å². The largest absolute Gasteiger partial charge is 0.465 e. The van der Waals surface area contributed by atoms with Crippen LogP contribution in [0.25, 0.3) is 0 Å². The first-order valence-electron chi connectivity index (χ1n) is 13.3. The van der Waals surface area contributed by atoms with Gasteiger partial charge in [0.1, 0.15) is 12.4 Å². The van der Waals surface area contributed by atoms with E-state index in [0.717, 1.165) is 63.4 Å². The van der Waals surface area contributed by atoms with E-state index in [-0.39, 0.29) is 12.1 Å². The fourth-order valence-electron chi connectivity index (χ4n) is 6.49. The van der Waals surface area contributed by atoms with Gasteiger partial charge in [0.2, 0.25) is 0 Å². The van der Waals surface area contributed by atoms with Crippen LogP contribution in [-0.2, 0) is 19.5 Å². The normalized spacial score (nSPS) is 26.3. The quantitative estimate of drug-likeness (QED) is 0.659. The smallest absolute Gasteiger partial charge is 0.407 e. The van der Waals surface area contributed by atoms with Gasteiger partial charge < -0.3 is 19.6 Å². The van der Waals surface area contributed by atoms with Crippen molar-refractivity contribution in [2.75, 3.05) is 44.7 Å². The molecular weight excluding hydrogens is 456 g/mol. The van der Waals surface area contributed by atoms with E-state index in [4.69, 9.17) is 14.7 Å². The zero-order valence-electron chi connectivity index (χ0n) is 21.1. The summed E-state index contributed by atoms with van der Waals surface area (Å²) in [6.07, 6.45) is 4.27. The van der Waals surface area contributed by atoms with E-state index < -0.39 is 6.09 Å². The van der Waals surface area contributed by atoms with Crippen LogP contribution in [0.3, 0.4) is 0 Å². The lowest BCUT2D eigenvalue weighted by molar-refractivity contribution is 0.114. The number of likely N-dealkylation sites (N-methyl/N-ethyl adjacent to an activating group) is 1. The molecule has 4 aliphatic heterocycles. The van der Waals surface area contributed by atoms with E-state index in [1.165, 1.54) is 17.5 Å². The Morgan fingerprint density at radius 3 is 2.56 bits per heavy atom. The predicted octanol–water partition coefficient (Wildman–Crippen LogP) is 2.84. The summed E-state index contributed by atoms with van der Waals surface area (Å²) in [5.74, 6) is 0.955. The van der Waals surface area contributed by atoms with Crippen LogP contribution in [-0.4, -0.2) is 93.8 Å². The lowest BCUT2D eigenvalue weighted by Crippen LogP contribution is -2.56. The Balaban J connectivity index is 1.26. The molecule has 1 aromatic heterocycles. The molecule has 2 aromatic rings. The minimum absolute atomic E-state index is 0.0292. The van der Waals surface area contributed by atoms with E-state index in [1.807, 2.05) is 0 Å². The number of ether oxygens (including phenoxy) is 1. The van der Waals surface area contributed by atoms with Crippen LogP contribution < -0.4 is 9.64 Å². The second kappa shape index (κ2) is 9.86. The van der Waals surface area contributed by atoms with Gasteiger partial charge in [-0.05, 0) is 51.3 Å². The van der Waals surface area contributed by atoms with Gasteiger partial charge in [-0.15, -0.1) is 0 Å². The molecule has 4 aliphatic rings. The van der Waals surface area contributed by atoms with E-state index in [1.54, 1.807) is 4.90 Å². The Labute approximate surface area is 212 Å². The van der Waals surface area contributed by atoms with E-state index in [2.05, 4.69) is 52.1 Å². The highest BCUT2D eigenvalue weighted by atomic mass is 16.5. The number of benzene rings is 1. The van der Waals surface area contributed by atoms with Gasteiger partial charge in [-0.1, -0.05) is 30.3 Å². The van der Waals surface area contributed by atoms with E-state index >= 15 is 0 Å². The standard InChI is InChI=1S/C27H36N6O3/c1-30-12-5-8-22(30)18-36-26-28-24-17-31(14-19-6-3-2-4-7-19)13-11-23(24)25(29-26)32-15-20-9-10-21(16-32)33(20)27(34)35/h2-4,6-7,20-22H,5,8-18H2,1H3,(H,34,35)/t20-,21+,22-/m0/s1. The molecule has 1 amide bonds. The summed E-state index contributed by atoms with van der Waals surface area (Å²) in [6.45, 7) is 5.68. The van der Waals surface area contributed by atoms with Crippen LogP contribution in [0.1, 0.15) is 42.5 Å². The molecule has 9 heteroatoms. The van der Waals surface area contributed by atoms with Crippen molar-refractivity contribution in [3.8, 4) is 6.01 Å². The second-order valence-electron chi connectivity index (χ2n) is 10.8. The molecule has 0 unspecified atom stereocenters. The molecule has 192 valence electrons. The summed E-state index contributed by atoms with van der Waals surface area (Å²) < 4.78 is 6.23. The molecule has 1 N–H and O–H groups in total. The van der Waals surface area contributed by atoms with Crippen LogP contribution in [0.2, 0.25) is 0 Å². The number of carbonyl (C=O) groups is 1. The molecule has 3 fully saturated rings. The van der Waals surface area contributed by atoms with Crippen molar-refractivity contribution < 1.29 is 14.6 Å². The number of amides is 1. The Bertz CT molecular complexity index is 1080. The van der Waals surface area contributed by atoms with Crippen molar-refractivity contribution >= 4 is 11.9 Å². The molecule has 9 nitrogen and oxygen atoms in total. The lowest BCUT2D eigenvalue weighted by Gasteiger charge is -2.41. The summed E-state index contributed by atoms with van der Waals surface area (Å²) in [5, 5.41) is 9.71. The van der Waals surface area contributed by atoms with Crippen molar-refractivity contribution in [2.45, 2.75) is 63.3 Å². The minimum Gasteiger partial charge on any atom is -0.465 e. The van der Waals surface area contributed by atoms with Crippen LogP contribution >= 0.6 is 0 Å². The van der Waals surface area contributed by atoms with Crippen molar-refractivity contribution in [1.29, 1.82) is 0 Å². The first-order valence-corrected chi connectivity index (χ1v) is 13.3. The zero-order valence-corrected chi connectivity index (χ0v) is 21.1. The molecule has 0 saturated carbocycles. The summed E-state index contributed by atoms with van der Waals surface area (Å²) in [7, 11) is 2.15. The molecule has 3 atom stereocenters. The number of rotatable bonds is 6. The number of aromatic nitrogens is 2. The Morgan fingerprint density at radius 2 is 1.86 bits per heavy atom. The summed E-state index contributed by atoms with van der Waals surface area (Å²) >= 11 is 0. The van der Waals surface area contributed by atoms with Crippen molar-refractivity contribution in [3.05, 3.63) is 47.2 Å². The fraction of sp³-hybridized carbons (Fsp3) is 0.593. The molecule has 6 rings (SSSR count). The Hall–Kier alpha value is -2.91. The SMILES string of the molecule is CN1CCC[C@H]1COc1nc2c(c(N3C[C@H]4CC[C@@H](C3)N4C(=O)O)n1)CCN(Cc1ccccc1)C2. The molecule has 1 aromatic carbocycles. The van der Waals surface area contributed by atoms with Gasteiger partial charge in [0.15, 0.2) is 0 Å². The van der Waals surface area contributed by atoms with Gasteiger partial charge in [0.25, 0.3) is 0 Å². The molecule has 0 aliphatic carbocycles. The average molecular weight is 493 g/mol. The molecule has 0 spiro atoms. The van der Waals surface area contributed by atoms with Crippen LogP contribution in [0.5, 0.6) is 6.01 Å². The van der Waals surface area contributed by atoms with Crippen LogP contribution in [0.4, 0.5) is 10.6 Å². The highest BCUT2D eigenvalue weighted by molar-refractivity contribution is 5.67. The summed E-state index contributed by atoms with van der Waals surface area (Å²) in [5.41, 5.74) is 3.55. The van der Waals surface area contributed by atoms with E-state index in [9.17, 15) is 9.90 Å². The number of fused-ring (bicyclic) bond motifs is 3. The first kappa shape index (κ1) is 23.5. The third-order valence-corrected chi connectivity index (χ3v) is 8.43. The number of likely N-dealkylation sites (tertiary alicyclic amines) is 1. The first-order chi connectivity index (χ1) is 17.5. The van der Waals surface area contributed by atoms with E-state index in [0.29, 0.717) is 31.7 Å². The highest BCUT2D eigenvalue weighted by Gasteiger charge is 2.44. The number of anilines is 1. The second-order valence-corrected chi connectivity index (χ2v) is 10.8. The topological polar surface area (TPSA) is 85.3 Å². The van der Waals surface area contributed by atoms with Crippen LogP contribution in [0.15, 0.2) is 30.3 Å². The van der Waals surface area contributed by atoms with Gasteiger partial charge in [-0.3, -0.25) is 9.80 Å². The van der Waals surface area contributed by atoms with Gasteiger partial charge in [0, 0.05) is 44.3 Å². The maximum atomic E-state index is 11.8. The fourth-order valence-corrected chi connectivity index (χ4v) is 6.49. The van der Waals surface area contributed by atoms with Gasteiger partial charge in [0.05, 0.1) is 17.8 Å². The molecule has 2 bridgehead atoms.